The number of alkyl halides is 2. The molecule has 0 bridgehead atoms. The summed E-state index contributed by atoms with van der Waals surface area (Å²) in [4.78, 5) is 0. The minimum atomic E-state index is -0.386. The van der Waals surface area contributed by atoms with Crippen molar-refractivity contribution in [2.24, 2.45) is 5.92 Å². The first-order valence-corrected chi connectivity index (χ1v) is 3.91. The van der Waals surface area contributed by atoms with Crippen LogP contribution in [-0.2, 0) is 0 Å². The highest BCUT2D eigenvalue weighted by atomic mass is 35.5. The molecule has 0 aliphatic heterocycles. The summed E-state index contributed by atoms with van der Waals surface area (Å²) < 4.78 is -0.386. The summed E-state index contributed by atoms with van der Waals surface area (Å²) in [6, 6.07) is 0. The molecule has 1 rings (SSSR count). The van der Waals surface area contributed by atoms with E-state index in [1.807, 2.05) is 6.08 Å². The zero-order valence-electron chi connectivity index (χ0n) is 5.24. The van der Waals surface area contributed by atoms with E-state index in [1.165, 1.54) is 0 Å². The molecule has 1 aliphatic carbocycles. The van der Waals surface area contributed by atoms with Crippen LogP contribution in [0.1, 0.15) is 19.3 Å². The third kappa shape index (κ3) is 1.87. The molecule has 0 amide bonds. The monoisotopic (exact) mass is 164 g/mol. The van der Waals surface area contributed by atoms with E-state index in [-0.39, 0.29) is 4.33 Å². The molecule has 0 aromatic carbocycles. The summed E-state index contributed by atoms with van der Waals surface area (Å²) in [6.45, 7) is 3.62. The molecule has 1 aliphatic rings. The number of allylic oxidation sites excluding steroid dienone is 1. The minimum Gasteiger partial charge on any atom is -0.103 e. The van der Waals surface area contributed by atoms with Crippen molar-refractivity contribution in [3.63, 3.8) is 0 Å². The molecular formula is C7H10Cl2. The second-order valence-corrected chi connectivity index (χ2v) is 4.07. The van der Waals surface area contributed by atoms with Crippen molar-refractivity contribution in [3.05, 3.63) is 12.7 Å². The average molecular weight is 165 g/mol. The molecule has 0 nitrogen and oxygen atoms in total. The van der Waals surface area contributed by atoms with Gasteiger partial charge in [-0.3, -0.25) is 0 Å². The van der Waals surface area contributed by atoms with Crippen LogP contribution >= 0.6 is 23.2 Å². The van der Waals surface area contributed by atoms with Gasteiger partial charge in [-0.2, -0.15) is 0 Å². The fraction of sp³-hybridized carbons (Fsp3) is 0.714. The first-order valence-electron chi connectivity index (χ1n) is 3.15. The van der Waals surface area contributed by atoms with Crippen LogP contribution in [0.25, 0.3) is 0 Å². The van der Waals surface area contributed by atoms with Gasteiger partial charge in [0.05, 0.1) is 0 Å². The highest BCUT2D eigenvalue weighted by molar-refractivity contribution is 6.50. The van der Waals surface area contributed by atoms with E-state index in [9.17, 15) is 0 Å². The van der Waals surface area contributed by atoms with Crippen molar-refractivity contribution in [2.45, 2.75) is 23.6 Å². The molecule has 1 atom stereocenters. The average Bonchev–Trinajstić information content (AvgIpc) is 2.35. The Balaban J connectivity index is 2.12. The smallest absolute Gasteiger partial charge is 0.103 e. The van der Waals surface area contributed by atoms with E-state index in [2.05, 4.69) is 6.58 Å². The van der Waals surface area contributed by atoms with Gasteiger partial charge in [0, 0.05) is 0 Å². The lowest BCUT2D eigenvalue weighted by Crippen LogP contribution is -1.88. The van der Waals surface area contributed by atoms with Crippen LogP contribution in [0.15, 0.2) is 12.7 Å². The van der Waals surface area contributed by atoms with Gasteiger partial charge in [-0.25, -0.2) is 0 Å². The number of rotatable bonds is 3. The first-order chi connectivity index (χ1) is 4.17. The fourth-order valence-corrected chi connectivity index (χ4v) is 1.49. The molecule has 0 saturated heterocycles. The van der Waals surface area contributed by atoms with Crippen molar-refractivity contribution in [3.8, 4) is 0 Å². The molecular weight excluding hydrogens is 155 g/mol. The molecule has 1 fully saturated rings. The number of hydrogen-bond acceptors (Lipinski definition) is 0. The van der Waals surface area contributed by atoms with Crippen molar-refractivity contribution in [2.75, 3.05) is 0 Å². The molecule has 2 heteroatoms. The summed E-state index contributed by atoms with van der Waals surface area (Å²) in [7, 11) is 0. The molecule has 1 unspecified atom stereocenters. The third-order valence-corrected chi connectivity index (χ3v) is 2.60. The molecule has 0 spiro atoms. The minimum absolute atomic E-state index is 0.386. The Morgan fingerprint density at radius 1 is 1.67 bits per heavy atom. The van der Waals surface area contributed by atoms with E-state index in [4.69, 9.17) is 23.2 Å². The summed E-state index contributed by atoms with van der Waals surface area (Å²) in [5, 5.41) is 0. The third-order valence-electron chi connectivity index (χ3n) is 1.67. The molecule has 1 saturated carbocycles. The Morgan fingerprint density at radius 3 is 2.56 bits per heavy atom. The van der Waals surface area contributed by atoms with Crippen LogP contribution in [0.5, 0.6) is 0 Å². The Kier molecular flexibility index (Phi) is 2.07. The molecule has 0 radical (unpaired) electrons. The lowest BCUT2D eigenvalue weighted by molar-refractivity contribution is 0.734. The lowest BCUT2D eigenvalue weighted by atomic mass is 10.2. The van der Waals surface area contributed by atoms with E-state index in [1.54, 1.807) is 0 Å². The Labute approximate surface area is 65.8 Å². The summed E-state index contributed by atoms with van der Waals surface area (Å²) in [6.07, 6.45) is 4.99. The van der Waals surface area contributed by atoms with Gasteiger partial charge in [0.2, 0.25) is 0 Å². The van der Waals surface area contributed by atoms with Crippen molar-refractivity contribution in [1.29, 1.82) is 0 Å². The molecule has 0 N–H and O–H groups in total. The highest BCUT2D eigenvalue weighted by Crippen LogP contribution is 2.55. The van der Waals surface area contributed by atoms with Gasteiger partial charge < -0.3 is 0 Å². The standard InChI is InChI=1S/C7H10Cl2/c1-2-3-4-6-5-7(6,8)9/h2,6H,1,3-5H2. The van der Waals surface area contributed by atoms with Crippen LogP contribution in [0.3, 0.4) is 0 Å². The Bertz CT molecular complexity index is 118. The van der Waals surface area contributed by atoms with Gasteiger partial charge in [-0.05, 0) is 25.2 Å². The first kappa shape index (κ1) is 7.43. The number of halogens is 2. The molecule has 0 heterocycles. The zero-order valence-corrected chi connectivity index (χ0v) is 6.75. The van der Waals surface area contributed by atoms with Gasteiger partial charge >= 0.3 is 0 Å². The summed E-state index contributed by atoms with van der Waals surface area (Å²) in [5.74, 6) is 0.527. The summed E-state index contributed by atoms with van der Waals surface area (Å²) in [5.41, 5.74) is 0. The van der Waals surface area contributed by atoms with Crippen molar-refractivity contribution >= 4 is 23.2 Å². The van der Waals surface area contributed by atoms with E-state index in [0.29, 0.717) is 5.92 Å². The lowest BCUT2D eigenvalue weighted by Gasteiger charge is -1.94. The van der Waals surface area contributed by atoms with Gasteiger partial charge in [-0.15, -0.1) is 29.8 Å². The zero-order chi connectivity index (χ0) is 6.91. The predicted octanol–water partition coefficient (Wildman–Crippen LogP) is 3.15. The van der Waals surface area contributed by atoms with Crippen LogP contribution in [-0.4, -0.2) is 4.33 Å². The second-order valence-electron chi connectivity index (χ2n) is 2.53. The molecule has 9 heavy (non-hydrogen) atoms. The van der Waals surface area contributed by atoms with Gasteiger partial charge in [-0.1, -0.05) is 6.08 Å². The summed E-state index contributed by atoms with van der Waals surface area (Å²) >= 11 is 11.5. The van der Waals surface area contributed by atoms with Crippen molar-refractivity contribution < 1.29 is 0 Å². The van der Waals surface area contributed by atoms with E-state index >= 15 is 0 Å². The van der Waals surface area contributed by atoms with E-state index in [0.717, 1.165) is 19.3 Å². The maximum atomic E-state index is 5.77. The molecule has 0 aromatic rings. The maximum absolute atomic E-state index is 5.77. The van der Waals surface area contributed by atoms with Crippen LogP contribution in [0, 0.1) is 5.92 Å². The number of hydrogen-bond donors (Lipinski definition) is 0. The second kappa shape index (κ2) is 2.51. The SMILES string of the molecule is C=CCCC1CC1(Cl)Cl. The van der Waals surface area contributed by atoms with E-state index < -0.39 is 0 Å². The van der Waals surface area contributed by atoms with Gasteiger partial charge in [0.1, 0.15) is 4.33 Å². The van der Waals surface area contributed by atoms with Gasteiger partial charge in [0.15, 0.2) is 0 Å². The fourth-order valence-electron chi connectivity index (χ4n) is 0.902. The van der Waals surface area contributed by atoms with Gasteiger partial charge in [0.25, 0.3) is 0 Å². The molecule has 0 aromatic heterocycles. The Morgan fingerprint density at radius 2 is 2.22 bits per heavy atom. The van der Waals surface area contributed by atoms with Crippen LogP contribution in [0.2, 0.25) is 0 Å². The van der Waals surface area contributed by atoms with Crippen LogP contribution < -0.4 is 0 Å². The quantitative estimate of drug-likeness (QED) is 0.445. The van der Waals surface area contributed by atoms with Crippen LogP contribution in [0.4, 0.5) is 0 Å². The maximum Gasteiger partial charge on any atom is 0.121 e. The highest BCUT2D eigenvalue weighted by Gasteiger charge is 2.50. The topological polar surface area (TPSA) is 0 Å². The molecule has 52 valence electrons. The Hall–Kier alpha value is 0.320. The van der Waals surface area contributed by atoms with Crippen molar-refractivity contribution in [1.82, 2.24) is 0 Å². The largest absolute Gasteiger partial charge is 0.121 e. The normalized spacial score (nSPS) is 29.8. The predicted molar refractivity (Wildman–Crippen MR) is 42.0 cm³/mol.